The van der Waals surface area contributed by atoms with E-state index in [1.807, 2.05) is 29.6 Å². The van der Waals surface area contributed by atoms with Crippen LogP contribution in [0.4, 0.5) is 17.3 Å². The second-order valence-electron chi connectivity index (χ2n) is 11.8. The van der Waals surface area contributed by atoms with Gasteiger partial charge in [-0.25, -0.2) is 9.97 Å². The molecule has 3 aliphatic rings. The van der Waals surface area contributed by atoms with Gasteiger partial charge in [0.15, 0.2) is 5.78 Å². The molecule has 2 saturated heterocycles. The molecule has 2 aliphatic heterocycles. The Morgan fingerprint density at radius 3 is 2.70 bits per heavy atom. The van der Waals surface area contributed by atoms with Gasteiger partial charge in [-0.3, -0.25) is 24.0 Å². The third kappa shape index (κ3) is 5.16. The van der Waals surface area contributed by atoms with Crippen molar-refractivity contribution in [2.75, 3.05) is 36.4 Å². The lowest BCUT2D eigenvalue weighted by atomic mass is 10.1. The molecule has 1 saturated carbocycles. The van der Waals surface area contributed by atoms with Gasteiger partial charge in [0.05, 0.1) is 17.8 Å². The number of carbonyl (C=O) groups excluding carboxylic acids is 1. The van der Waals surface area contributed by atoms with Crippen molar-refractivity contribution in [3.63, 3.8) is 0 Å². The predicted molar refractivity (Wildman–Crippen MR) is 172 cm³/mol. The van der Waals surface area contributed by atoms with Crippen molar-refractivity contribution < 1.29 is 4.79 Å². The van der Waals surface area contributed by atoms with Crippen molar-refractivity contribution in [1.82, 2.24) is 29.4 Å². The van der Waals surface area contributed by atoms with Gasteiger partial charge in [0.25, 0.3) is 5.56 Å². The summed E-state index contributed by atoms with van der Waals surface area (Å²) in [6.07, 6.45) is 9.36. The Morgan fingerprint density at radius 1 is 1.00 bits per heavy atom. The fraction of sp³-hybridized carbons (Fsp3) is 0.333. The number of nitrogens with one attached hydrogen (secondary N) is 1. The number of pyridine rings is 2. The summed E-state index contributed by atoms with van der Waals surface area (Å²) in [4.78, 5) is 50.6. The number of Topliss-reactive ketones (excluding diaryl/α,β-unsaturated/α-hetero) is 1. The van der Waals surface area contributed by atoms with Crippen LogP contribution in [0.1, 0.15) is 41.7 Å². The van der Waals surface area contributed by atoms with Gasteiger partial charge in [-0.2, -0.15) is 4.98 Å². The number of ketones is 1. The lowest BCUT2D eigenvalue weighted by Crippen LogP contribution is -2.50. The second-order valence-corrected chi connectivity index (χ2v) is 12.7. The Kier molecular flexibility index (Phi) is 6.91. The maximum atomic E-state index is 13.9. The summed E-state index contributed by atoms with van der Waals surface area (Å²) in [6.45, 7) is 4.61. The summed E-state index contributed by atoms with van der Waals surface area (Å²) in [5.74, 6) is 0.185. The van der Waals surface area contributed by atoms with Gasteiger partial charge in [0.1, 0.15) is 10.7 Å². The number of nitrogens with zero attached hydrogens (tertiary/aromatic N) is 7. The van der Waals surface area contributed by atoms with Gasteiger partial charge in [-0.1, -0.05) is 0 Å². The number of piperazine rings is 1. The number of carbonyl (C=O) groups is 1. The molecular formula is C33H32N8O2S. The monoisotopic (exact) mass is 604 g/mol. The van der Waals surface area contributed by atoms with Crippen LogP contribution in [0.25, 0.3) is 21.6 Å². The molecule has 1 atom stereocenters. The minimum absolute atomic E-state index is 0.0822. The van der Waals surface area contributed by atoms with Crippen molar-refractivity contribution >= 4 is 45.5 Å². The summed E-state index contributed by atoms with van der Waals surface area (Å²) in [5.41, 5.74) is 3.88. The van der Waals surface area contributed by atoms with Crippen LogP contribution in [0.3, 0.4) is 0 Å². The second kappa shape index (κ2) is 11.2. The van der Waals surface area contributed by atoms with E-state index < -0.39 is 0 Å². The summed E-state index contributed by atoms with van der Waals surface area (Å²) >= 11 is 1.51. The molecule has 44 heavy (non-hydrogen) atoms. The lowest BCUT2D eigenvalue weighted by molar-refractivity contribution is 0.0966. The number of thiazole rings is 1. The molecule has 1 N–H and O–H groups in total. The first-order valence-corrected chi connectivity index (χ1v) is 16.1. The molecule has 0 spiro atoms. The van der Waals surface area contributed by atoms with Crippen LogP contribution in [0.5, 0.6) is 0 Å². The van der Waals surface area contributed by atoms with E-state index in [-0.39, 0.29) is 29.4 Å². The smallest absolute Gasteiger partial charge is 0.263 e. The van der Waals surface area contributed by atoms with E-state index in [0.717, 1.165) is 48.7 Å². The number of hydrogen-bond donors (Lipinski definition) is 1. The highest BCUT2D eigenvalue weighted by Gasteiger charge is 2.33. The third-order valence-corrected chi connectivity index (χ3v) is 9.78. The van der Waals surface area contributed by atoms with Crippen LogP contribution in [0.2, 0.25) is 0 Å². The van der Waals surface area contributed by atoms with Crippen LogP contribution >= 0.6 is 11.3 Å². The highest BCUT2D eigenvalue weighted by Crippen LogP contribution is 2.33. The Bertz CT molecular complexity index is 1900. The molecule has 1 aliphatic carbocycles. The number of rotatable bonds is 8. The van der Waals surface area contributed by atoms with Crippen LogP contribution < -0.4 is 15.8 Å². The molecule has 10 nitrogen and oxygen atoms in total. The fourth-order valence-electron chi connectivity index (χ4n) is 6.48. The summed E-state index contributed by atoms with van der Waals surface area (Å²) < 4.78 is 1.56. The average Bonchev–Trinajstić information content (AvgIpc) is 3.55. The fourth-order valence-corrected chi connectivity index (χ4v) is 7.17. The number of hydrogen-bond acceptors (Lipinski definition) is 10. The van der Waals surface area contributed by atoms with Crippen molar-refractivity contribution in [3.8, 4) is 10.6 Å². The van der Waals surface area contributed by atoms with Gasteiger partial charge in [0, 0.05) is 77.9 Å². The van der Waals surface area contributed by atoms with Gasteiger partial charge in [-0.15, -0.1) is 11.3 Å². The largest absolute Gasteiger partial charge is 0.369 e. The van der Waals surface area contributed by atoms with E-state index in [1.54, 1.807) is 29.2 Å². The molecular weight excluding hydrogens is 572 g/mol. The minimum atomic E-state index is -0.360. The van der Waals surface area contributed by atoms with E-state index >= 15 is 0 Å². The Morgan fingerprint density at radius 2 is 1.89 bits per heavy atom. The van der Waals surface area contributed by atoms with E-state index in [1.165, 1.54) is 36.4 Å². The van der Waals surface area contributed by atoms with Crippen molar-refractivity contribution in [1.29, 1.82) is 0 Å². The summed E-state index contributed by atoms with van der Waals surface area (Å²) in [7, 11) is 0. The van der Waals surface area contributed by atoms with Crippen LogP contribution in [0, 0.1) is 5.92 Å². The Balaban J connectivity index is 1.12. The quantitative estimate of drug-likeness (QED) is 0.245. The number of fused-ring (bicyclic) bond motifs is 2. The van der Waals surface area contributed by atoms with Crippen LogP contribution in [-0.4, -0.2) is 67.4 Å². The summed E-state index contributed by atoms with van der Waals surface area (Å²) in [6, 6.07) is 14.5. The normalized spacial score (nSPS) is 18.5. The minimum Gasteiger partial charge on any atom is -0.369 e. The van der Waals surface area contributed by atoms with Gasteiger partial charge in [0.2, 0.25) is 5.95 Å². The molecule has 8 rings (SSSR count). The van der Waals surface area contributed by atoms with Crippen LogP contribution in [0.15, 0.2) is 71.2 Å². The van der Waals surface area contributed by atoms with Gasteiger partial charge >= 0.3 is 0 Å². The maximum Gasteiger partial charge on any atom is 0.263 e. The van der Waals surface area contributed by atoms with Gasteiger partial charge < -0.3 is 10.2 Å². The molecule has 222 valence electrons. The average molecular weight is 605 g/mol. The molecule has 0 radical (unpaired) electrons. The zero-order valence-electron chi connectivity index (χ0n) is 24.2. The highest BCUT2D eigenvalue weighted by atomic mass is 32.1. The molecule has 1 aromatic carbocycles. The van der Waals surface area contributed by atoms with Gasteiger partial charge in [-0.05, 0) is 74.7 Å². The van der Waals surface area contributed by atoms with E-state index in [4.69, 9.17) is 4.98 Å². The zero-order chi connectivity index (χ0) is 29.6. The van der Waals surface area contributed by atoms with Crippen LogP contribution in [-0.2, 0) is 6.54 Å². The first kappa shape index (κ1) is 27.1. The topological polar surface area (TPSA) is 109 Å². The zero-order valence-corrected chi connectivity index (χ0v) is 25.0. The molecule has 4 aromatic heterocycles. The lowest BCUT2D eigenvalue weighted by Gasteiger charge is -2.38. The van der Waals surface area contributed by atoms with E-state index in [0.29, 0.717) is 28.7 Å². The first-order valence-electron chi connectivity index (χ1n) is 15.3. The molecule has 1 unspecified atom stereocenters. The van der Waals surface area contributed by atoms with E-state index in [9.17, 15) is 9.59 Å². The standard InChI is InChI=1S/C33H32N8O2S/c42-29(21-5-6-21)27-17-22-18-36-33(37-23-7-9-24(10-8-23)40-15-14-39-13-2-3-25(39)19-40)38-30(22)41(32(27)43)20-28-26(4-1-11-34-28)31-35-12-16-44-31/h1,4,7-12,16-18,21,25H,2-3,5-6,13-15,19-20H2,(H,36,37,38). The Labute approximate surface area is 258 Å². The Hall–Kier alpha value is -4.48. The first-order chi connectivity index (χ1) is 21.6. The van der Waals surface area contributed by atoms with Crippen molar-refractivity contribution in [3.05, 3.63) is 88.0 Å². The van der Waals surface area contributed by atoms with E-state index in [2.05, 4.69) is 42.2 Å². The molecule has 5 aromatic rings. The SMILES string of the molecule is O=C(c1cc2cnc(Nc3ccc(N4CCN5CCCC5C4)cc3)nc2n(Cc2ncccc2-c2nccs2)c1=O)C1CC1. The molecule has 3 fully saturated rings. The number of anilines is 3. The number of benzene rings is 1. The maximum absolute atomic E-state index is 13.9. The van der Waals surface area contributed by atoms with Crippen molar-refractivity contribution in [2.24, 2.45) is 5.92 Å². The number of aromatic nitrogens is 5. The predicted octanol–water partition coefficient (Wildman–Crippen LogP) is 4.98. The molecule has 0 bridgehead atoms. The molecule has 11 heteroatoms. The van der Waals surface area contributed by atoms with Crippen molar-refractivity contribution in [2.45, 2.75) is 38.3 Å². The molecule has 6 heterocycles. The third-order valence-electron chi connectivity index (χ3n) is 8.98. The summed E-state index contributed by atoms with van der Waals surface area (Å²) in [5, 5.41) is 6.68. The molecule has 0 amide bonds. The highest BCUT2D eigenvalue weighted by molar-refractivity contribution is 7.13.